The van der Waals surface area contributed by atoms with Crippen LogP contribution >= 0.6 is 0 Å². The minimum atomic E-state index is -0.603. The predicted octanol–water partition coefficient (Wildman–Crippen LogP) is 7.49. The van der Waals surface area contributed by atoms with Crippen molar-refractivity contribution >= 4 is 34.8 Å². The number of aromatic nitrogens is 5. The average molecular weight is 711 g/mol. The van der Waals surface area contributed by atoms with Gasteiger partial charge in [0.15, 0.2) is 0 Å². The Balaban J connectivity index is 1.20. The third-order valence-electron chi connectivity index (χ3n) is 8.92. The molecule has 4 aromatic heterocycles. The van der Waals surface area contributed by atoms with Crippen LogP contribution in [0.1, 0.15) is 31.6 Å². The second kappa shape index (κ2) is 15.5. The molecule has 7 aromatic rings. The normalized spacial score (nSPS) is 10.7. The van der Waals surface area contributed by atoms with Crippen LogP contribution in [0.25, 0.3) is 33.8 Å². The van der Waals surface area contributed by atoms with E-state index in [2.05, 4.69) is 24.9 Å². The lowest BCUT2D eigenvalue weighted by atomic mass is 10.1. The van der Waals surface area contributed by atoms with Crippen LogP contribution in [-0.4, -0.2) is 63.8 Å². The summed E-state index contributed by atoms with van der Waals surface area (Å²) in [6, 6.07) is 40.2. The van der Waals surface area contributed by atoms with Crippen molar-refractivity contribution in [3.05, 3.63) is 169 Å². The molecule has 0 bridgehead atoms. The van der Waals surface area contributed by atoms with E-state index in [0.717, 1.165) is 33.8 Å². The fourth-order valence-corrected chi connectivity index (χ4v) is 5.78. The van der Waals surface area contributed by atoms with E-state index in [4.69, 9.17) is 0 Å². The number of hydrogen-bond acceptors (Lipinski definition) is 8. The van der Waals surface area contributed by atoms with E-state index < -0.39 is 17.7 Å². The maximum Gasteiger partial charge on any atom is 0.295 e. The summed E-state index contributed by atoms with van der Waals surface area (Å²) in [6.07, 6.45) is 5.15. The van der Waals surface area contributed by atoms with Crippen LogP contribution in [0.2, 0.25) is 0 Å². The van der Waals surface area contributed by atoms with Gasteiger partial charge in [0.1, 0.15) is 11.4 Å². The molecule has 0 spiro atoms. The summed E-state index contributed by atoms with van der Waals surface area (Å²) < 4.78 is 0. The number of amides is 3. The second-order valence-corrected chi connectivity index (χ2v) is 12.3. The van der Waals surface area contributed by atoms with E-state index in [0.29, 0.717) is 17.1 Å². The van der Waals surface area contributed by atoms with Crippen LogP contribution in [0, 0.1) is 0 Å². The van der Waals surface area contributed by atoms with Crippen molar-refractivity contribution in [2.24, 2.45) is 0 Å². The Morgan fingerprint density at radius 3 is 1.02 bits per heavy atom. The minimum Gasteiger partial charge on any atom is -0.310 e. The summed E-state index contributed by atoms with van der Waals surface area (Å²) in [5, 5.41) is 0. The highest BCUT2D eigenvalue weighted by atomic mass is 16.2. The predicted molar refractivity (Wildman–Crippen MR) is 209 cm³/mol. The van der Waals surface area contributed by atoms with Crippen molar-refractivity contribution in [1.29, 1.82) is 0 Å². The molecular formula is C43H34N8O3. The van der Waals surface area contributed by atoms with Crippen LogP contribution in [0.15, 0.2) is 152 Å². The highest BCUT2D eigenvalue weighted by Crippen LogP contribution is 2.26. The molecule has 0 saturated carbocycles. The number of pyridine rings is 3. The number of nitrogens with zero attached hydrogens (tertiary/aromatic N) is 8. The van der Waals surface area contributed by atoms with Gasteiger partial charge in [-0.25, -0.2) is 9.97 Å². The smallest absolute Gasteiger partial charge is 0.295 e. The summed E-state index contributed by atoms with van der Waals surface area (Å²) in [6.45, 7) is 0. The highest BCUT2D eigenvalue weighted by Gasteiger charge is 2.26. The van der Waals surface area contributed by atoms with Gasteiger partial charge in [-0.05, 0) is 72.8 Å². The first kappa shape index (κ1) is 35.0. The van der Waals surface area contributed by atoms with Crippen LogP contribution in [0.4, 0.5) is 17.1 Å². The molecule has 3 aromatic carbocycles. The fraction of sp³-hybridized carbons (Fsp3) is 0.0698. The second-order valence-electron chi connectivity index (χ2n) is 12.3. The Morgan fingerprint density at radius 1 is 0.407 bits per heavy atom. The van der Waals surface area contributed by atoms with Crippen LogP contribution in [0.3, 0.4) is 0 Å². The summed E-state index contributed by atoms with van der Waals surface area (Å²) in [7, 11) is 4.80. The molecule has 264 valence electrons. The molecule has 0 fully saturated rings. The molecule has 0 atom stereocenters. The number of carbonyl (C=O) groups is 3. The molecule has 11 heteroatoms. The molecule has 3 amide bonds. The van der Waals surface area contributed by atoms with Crippen molar-refractivity contribution in [2.75, 3.05) is 35.8 Å². The maximum atomic E-state index is 14.0. The lowest BCUT2D eigenvalue weighted by Crippen LogP contribution is -2.33. The molecular weight excluding hydrogens is 677 g/mol. The van der Waals surface area contributed by atoms with Crippen molar-refractivity contribution in [3.63, 3.8) is 0 Å². The Kier molecular flexibility index (Phi) is 10.0. The average Bonchev–Trinajstić information content (AvgIpc) is 3.25. The Labute approximate surface area is 312 Å². The van der Waals surface area contributed by atoms with E-state index in [1.807, 2.05) is 91.0 Å². The summed E-state index contributed by atoms with van der Waals surface area (Å²) >= 11 is 0. The standard InChI is InChI=1S/C43H34N8O3/c1-49(32-19-13-29(14-20-32)35-10-4-7-25-44-35)41(52)38-28-39(42(53)50(2)33-21-15-30(16-22-33)36-11-5-8-26-45-36)48-40(47-38)43(54)51(3)34-23-17-31(18-24-34)37-12-6-9-27-46-37/h4-28H,1-3H3. The molecule has 0 aliphatic rings. The first-order valence-corrected chi connectivity index (χ1v) is 17.0. The molecule has 0 radical (unpaired) electrons. The zero-order valence-electron chi connectivity index (χ0n) is 29.7. The topological polar surface area (TPSA) is 125 Å². The Bertz CT molecular complexity index is 2120. The van der Waals surface area contributed by atoms with E-state index >= 15 is 0 Å². The summed E-state index contributed by atoms with van der Waals surface area (Å²) in [4.78, 5) is 68.3. The van der Waals surface area contributed by atoms with Gasteiger partial charge in [0.05, 0.1) is 17.1 Å². The largest absolute Gasteiger partial charge is 0.310 e. The number of rotatable bonds is 9. The zero-order chi connectivity index (χ0) is 37.6. The summed E-state index contributed by atoms with van der Waals surface area (Å²) in [5.41, 5.74) is 6.51. The summed E-state index contributed by atoms with van der Waals surface area (Å²) in [5.74, 6) is -1.97. The number of hydrogen-bond donors (Lipinski definition) is 0. The first-order chi connectivity index (χ1) is 26.3. The number of benzene rings is 3. The Hall–Kier alpha value is -7.40. The minimum absolute atomic E-state index is 0.120. The number of carbonyl (C=O) groups excluding carboxylic acids is 3. The van der Waals surface area contributed by atoms with Crippen molar-refractivity contribution < 1.29 is 14.4 Å². The van der Waals surface area contributed by atoms with Gasteiger partial charge in [-0.1, -0.05) is 54.6 Å². The van der Waals surface area contributed by atoms with Gasteiger partial charge < -0.3 is 14.7 Å². The van der Waals surface area contributed by atoms with Gasteiger partial charge in [0.2, 0.25) is 5.82 Å². The van der Waals surface area contributed by atoms with Gasteiger partial charge in [0, 0.05) is 79.6 Å². The quantitative estimate of drug-likeness (QED) is 0.151. The molecule has 0 N–H and O–H groups in total. The van der Waals surface area contributed by atoms with Crippen LogP contribution < -0.4 is 14.7 Å². The van der Waals surface area contributed by atoms with Crippen molar-refractivity contribution in [3.8, 4) is 33.8 Å². The lowest BCUT2D eigenvalue weighted by Gasteiger charge is -2.21. The van der Waals surface area contributed by atoms with Gasteiger partial charge in [-0.15, -0.1) is 0 Å². The molecule has 0 aliphatic heterocycles. The van der Waals surface area contributed by atoms with Crippen molar-refractivity contribution in [1.82, 2.24) is 24.9 Å². The molecule has 54 heavy (non-hydrogen) atoms. The maximum absolute atomic E-state index is 14.0. The van der Waals surface area contributed by atoms with E-state index in [1.165, 1.54) is 20.8 Å². The zero-order valence-corrected chi connectivity index (χ0v) is 29.7. The monoisotopic (exact) mass is 710 g/mol. The van der Waals surface area contributed by atoms with Crippen LogP contribution in [-0.2, 0) is 0 Å². The Morgan fingerprint density at radius 2 is 0.722 bits per heavy atom. The lowest BCUT2D eigenvalue weighted by molar-refractivity contribution is 0.0977. The van der Waals surface area contributed by atoms with Crippen molar-refractivity contribution in [2.45, 2.75) is 0 Å². The third-order valence-corrected chi connectivity index (χ3v) is 8.92. The van der Waals surface area contributed by atoms with Gasteiger partial charge in [-0.3, -0.25) is 29.3 Å². The van der Waals surface area contributed by atoms with Gasteiger partial charge in [-0.2, -0.15) is 0 Å². The van der Waals surface area contributed by atoms with E-state index in [-0.39, 0.29) is 17.2 Å². The molecule has 0 unspecified atom stereocenters. The molecule has 4 heterocycles. The van der Waals surface area contributed by atoms with Gasteiger partial charge >= 0.3 is 0 Å². The van der Waals surface area contributed by atoms with Crippen LogP contribution in [0.5, 0.6) is 0 Å². The molecule has 7 rings (SSSR count). The molecule has 0 saturated heterocycles. The third kappa shape index (κ3) is 7.46. The van der Waals surface area contributed by atoms with E-state index in [1.54, 1.807) is 76.1 Å². The van der Waals surface area contributed by atoms with E-state index in [9.17, 15) is 14.4 Å². The molecule has 0 aliphatic carbocycles. The fourth-order valence-electron chi connectivity index (χ4n) is 5.78. The van der Waals surface area contributed by atoms with Gasteiger partial charge in [0.25, 0.3) is 17.7 Å². The SMILES string of the molecule is CN(C(=O)c1cc(C(=O)N(C)c2ccc(-c3ccccn3)cc2)nc(C(=O)N(C)c2ccc(-c3ccccn3)cc2)n1)c1ccc(-c2ccccn2)cc1. The number of anilines is 3. The highest BCUT2D eigenvalue weighted by molar-refractivity contribution is 6.10. The first-order valence-electron chi connectivity index (χ1n) is 17.0. The molecule has 11 nitrogen and oxygen atoms in total.